The van der Waals surface area contributed by atoms with Crippen LogP contribution in [-0.2, 0) is 38.4 Å². The zero-order valence-electron chi connectivity index (χ0n) is 35.8. The molecule has 340 valence electrons. The average molecular weight is 869 g/mol. The largest absolute Gasteiger partial charge is 0.368 e. The highest BCUT2D eigenvalue weighted by molar-refractivity contribution is 8.00. The molecule has 0 spiro atoms. The number of unbranched alkanes of at least 4 members (excludes halogenated alkanes) is 2. The number of hydrogen-bond acceptors (Lipinski definition) is 11. The number of hydroxylamine groups is 1. The van der Waals surface area contributed by atoms with Crippen molar-refractivity contribution in [3.63, 3.8) is 0 Å². The van der Waals surface area contributed by atoms with E-state index in [-0.39, 0.29) is 67.5 Å². The normalized spacial score (nSPS) is 18.9. The lowest BCUT2D eigenvalue weighted by Gasteiger charge is -2.27. The van der Waals surface area contributed by atoms with Crippen molar-refractivity contribution in [2.45, 2.75) is 141 Å². The van der Waals surface area contributed by atoms with Crippen LogP contribution in [-0.4, -0.2) is 119 Å². The first-order chi connectivity index (χ1) is 28.3. The van der Waals surface area contributed by atoms with Gasteiger partial charge in [-0.15, -0.1) is 0 Å². The average Bonchev–Trinajstić information content (AvgIpc) is 3.73. The fourth-order valence-electron chi connectivity index (χ4n) is 6.96. The van der Waals surface area contributed by atoms with Gasteiger partial charge < -0.3 is 48.3 Å². The first-order valence-corrected chi connectivity index (χ1v) is 22.0. The summed E-state index contributed by atoms with van der Waals surface area (Å²) in [7, 11) is 0. The van der Waals surface area contributed by atoms with Crippen molar-refractivity contribution < 1.29 is 48.4 Å². The van der Waals surface area contributed by atoms with Gasteiger partial charge in [0.2, 0.25) is 47.3 Å². The molecule has 2 heterocycles. The van der Waals surface area contributed by atoms with Crippen LogP contribution in [0, 0.1) is 23.7 Å². The summed E-state index contributed by atoms with van der Waals surface area (Å²) in [4.78, 5) is 113. The minimum absolute atomic E-state index is 0.0327. The number of carbonyl (C=O) groups excluding carboxylic acids is 9. The molecule has 0 bridgehead atoms. The Balaban J connectivity index is 1.74. The molecule has 7 atom stereocenters. The molecule has 2 saturated heterocycles. The quantitative estimate of drug-likeness (QED) is 0.0205. The molecule has 0 aliphatic carbocycles. The van der Waals surface area contributed by atoms with Crippen molar-refractivity contribution in [2.24, 2.45) is 29.4 Å². The number of primary amides is 1. The first kappa shape index (κ1) is 51.5. The van der Waals surface area contributed by atoms with Crippen molar-refractivity contribution in [3.8, 4) is 0 Å². The van der Waals surface area contributed by atoms with Crippen LogP contribution in [0.5, 0.6) is 0 Å². The molecule has 0 saturated carbocycles. The lowest BCUT2D eigenvalue weighted by atomic mass is 9.90. The van der Waals surface area contributed by atoms with Gasteiger partial charge in [-0.25, -0.2) is 10.3 Å². The Kier molecular flexibility index (Phi) is 22.8. The molecule has 0 aromatic heterocycles. The molecule has 60 heavy (non-hydrogen) atoms. The summed E-state index contributed by atoms with van der Waals surface area (Å²) >= 11 is 1.84. The lowest BCUT2D eigenvalue weighted by Crippen LogP contribution is -2.56. The minimum Gasteiger partial charge on any atom is -0.368 e. The summed E-state index contributed by atoms with van der Waals surface area (Å²) in [6, 6.07) is -2.91. The number of nitrogens with one attached hydrogen (secondary N) is 9. The number of amides is 10. The SMILES string of the molecule is CC(C)C[C@H](NC(=O)C(CC(=O)NO)C(C)C)C(=O)N[C@@H](CC(C)C)C(=O)NCC(=O)NCC(=O)N[C@@H](CCCCNC(=O)CCCC[C@@H]1SC[C@@H]2NC(=O)N[C@@H]21)C(N)=O. The maximum Gasteiger partial charge on any atom is 0.315 e. The number of carbonyl (C=O) groups is 9. The van der Waals surface area contributed by atoms with Gasteiger partial charge in [-0.2, -0.15) is 11.8 Å². The Bertz CT molecular complexity index is 1500. The van der Waals surface area contributed by atoms with Crippen LogP contribution in [0.3, 0.4) is 0 Å². The number of rotatable bonds is 28. The molecule has 21 heteroatoms. The second-order valence-corrected chi connectivity index (χ2v) is 18.0. The van der Waals surface area contributed by atoms with E-state index in [0.29, 0.717) is 31.1 Å². The fourth-order valence-corrected chi connectivity index (χ4v) is 8.50. The molecule has 2 aliphatic rings. The molecule has 20 nitrogen and oxygen atoms in total. The van der Waals surface area contributed by atoms with Crippen LogP contribution >= 0.6 is 11.8 Å². The van der Waals surface area contributed by atoms with Gasteiger partial charge in [-0.1, -0.05) is 48.0 Å². The molecular weight excluding hydrogens is 801 g/mol. The van der Waals surface area contributed by atoms with E-state index in [9.17, 15) is 43.2 Å². The van der Waals surface area contributed by atoms with E-state index in [1.165, 1.54) is 5.48 Å². The van der Waals surface area contributed by atoms with Gasteiger partial charge >= 0.3 is 6.03 Å². The van der Waals surface area contributed by atoms with Gasteiger partial charge in [0.1, 0.15) is 18.1 Å². The van der Waals surface area contributed by atoms with E-state index >= 15 is 0 Å². The monoisotopic (exact) mass is 868 g/mol. The van der Waals surface area contributed by atoms with Crippen molar-refractivity contribution in [3.05, 3.63) is 0 Å². The van der Waals surface area contributed by atoms with Gasteiger partial charge in [0.15, 0.2) is 0 Å². The Morgan fingerprint density at radius 1 is 0.717 bits per heavy atom. The molecule has 0 aromatic carbocycles. The number of urea groups is 1. The van der Waals surface area contributed by atoms with Gasteiger partial charge in [0.05, 0.1) is 25.2 Å². The topological polar surface area (TPSA) is 308 Å². The van der Waals surface area contributed by atoms with E-state index in [4.69, 9.17) is 10.9 Å². The van der Waals surface area contributed by atoms with Crippen molar-refractivity contribution in [1.29, 1.82) is 0 Å². The summed E-state index contributed by atoms with van der Waals surface area (Å²) in [6.07, 6.45) is 4.30. The predicted molar refractivity (Wildman–Crippen MR) is 224 cm³/mol. The van der Waals surface area contributed by atoms with Crippen molar-refractivity contribution >= 4 is 65.1 Å². The minimum atomic E-state index is -1.07. The summed E-state index contributed by atoms with van der Waals surface area (Å²) in [5.41, 5.74) is 7.00. The Morgan fingerprint density at radius 3 is 1.97 bits per heavy atom. The molecule has 1 unspecified atom stereocenters. The Hall–Kier alpha value is -4.66. The van der Waals surface area contributed by atoms with Crippen LogP contribution in [0.2, 0.25) is 0 Å². The highest BCUT2D eigenvalue weighted by atomic mass is 32.2. The summed E-state index contributed by atoms with van der Waals surface area (Å²) in [5.74, 6) is -5.11. The van der Waals surface area contributed by atoms with Crippen LogP contribution in [0.4, 0.5) is 4.79 Å². The fraction of sp³-hybridized carbons (Fsp3) is 0.769. The third-order valence-corrected chi connectivity index (χ3v) is 11.7. The van der Waals surface area contributed by atoms with Crippen molar-refractivity contribution in [1.82, 2.24) is 48.0 Å². The van der Waals surface area contributed by atoms with E-state index < -0.39 is 78.5 Å². The number of nitrogens with two attached hydrogens (primary N) is 1. The third kappa shape index (κ3) is 19.2. The molecular formula is C39H68N10O10S. The first-order valence-electron chi connectivity index (χ1n) is 20.9. The molecule has 12 N–H and O–H groups in total. The summed E-state index contributed by atoms with van der Waals surface area (Å²) < 4.78 is 0. The van der Waals surface area contributed by atoms with Gasteiger partial charge in [0, 0.05) is 36.3 Å². The predicted octanol–water partition coefficient (Wildman–Crippen LogP) is -0.569. The highest BCUT2D eigenvalue weighted by Gasteiger charge is 2.42. The zero-order valence-corrected chi connectivity index (χ0v) is 36.6. The maximum absolute atomic E-state index is 13.5. The number of fused-ring (bicyclic) bond motifs is 1. The molecule has 10 amide bonds. The molecule has 2 fully saturated rings. The molecule has 0 radical (unpaired) electrons. The molecule has 0 aromatic rings. The van der Waals surface area contributed by atoms with E-state index in [1.54, 1.807) is 13.8 Å². The van der Waals surface area contributed by atoms with Crippen molar-refractivity contribution in [2.75, 3.05) is 25.4 Å². The Morgan fingerprint density at radius 2 is 1.35 bits per heavy atom. The van der Waals surface area contributed by atoms with E-state index in [1.807, 2.05) is 39.5 Å². The van der Waals surface area contributed by atoms with Crippen LogP contribution < -0.4 is 53.7 Å². The van der Waals surface area contributed by atoms with Gasteiger partial charge in [0.25, 0.3) is 0 Å². The molecule has 2 aliphatic heterocycles. The highest BCUT2D eigenvalue weighted by Crippen LogP contribution is 2.33. The number of thioether (sulfide) groups is 1. The smallest absolute Gasteiger partial charge is 0.315 e. The summed E-state index contributed by atoms with van der Waals surface area (Å²) in [5, 5.41) is 30.7. The maximum atomic E-state index is 13.5. The van der Waals surface area contributed by atoms with Crippen LogP contribution in [0.15, 0.2) is 0 Å². The number of hydrogen-bond donors (Lipinski definition) is 11. The van der Waals surface area contributed by atoms with Gasteiger partial charge in [-0.05, 0) is 62.7 Å². The van der Waals surface area contributed by atoms with Gasteiger partial charge in [-0.3, -0.25) is 43.6 Å². The lowest BCUT2D eigenvalue weighted by molar-refractivity contribution is -0.138. The third-order valence-electron chi connectivity index (χ3n) is 10.2. The summed E-state index contributed by atoms with van der Waals surface area (Å²) in [6.45, 7) is 10.2. The van der Waals surface area contributed by atoms with Crippen LogP contribution in [0.1, 0.15) is 106 Å². The molecule has 2 rings (SSSR count). The van der Waals surface area contributed by atoms with E-state index in [2.05, 4.69) is 42.5 Å². The van der Waals surface area contributed by atoms with Crippen LogP contribution in [0.25, 0.3) is 0 Å². The second-order valence-electron chi connectivity index (χ2n) is 16.7. The van der Waals surface area contributed by atoms with E-state index in [0.717, 1.165) is 25.0 Å². The zero-order chi connectivity index (χ0) is 44.9. The Labute approximate surface area is 356 Å². The second kappa shape index (κ2) is 26.5. The standard InChI is InChI=1S/C39H68N10O10S/c1-21(2)15-26(46-38(57)27(16-22(3)4)45-36(55)24(23(5)6)17-31(51)49-59)37(56)43-18-32(52)42-19-33(53)44-25(35(40)54)11-9-10-14-41-30(50)13-8-7-12-29-34-28(20-60-29)47-39(58)48-34/h21-29,34,59H,7-20H2,1-6H3,(H2,40,54)(H,41,50)(H,42,52)(H,43,56)(H,44,53)(H,45,55)(H,46,57)(H,49,51)(H2,47,48,58)/t24?,25-,26-,27-,28-,29-,34-/m0/s1.